The monoisotopic (exact) mass is 260 g/mol. The maximum Gasteiger partial charge on any atom is 0.240 e. The van der Waals surface area contributed by atoms with Gasteiger partial charge in [0.2, 0.25) is 11.8 Å². The van der Waals surface area contributed by atoms with Crippen LogP contribution in [0, 0.1) is 5.92 Å². The van der Waals surface area contributed by atoms with E-state index in [0.717, 1.165) is 11.1 Å². The Morgan fingerprint density at radius 1 is 1.32 bits per heavy atom. The molecule has 1 atom stereocenters. The molecule has 0 bridgehead atoms. The SMILES string of the molecule is CC(C)CC(=O)N1Cc2ccccc2CC1C(N)=O. The molecule has 4 heteroatoms. The number of nitrogens with zero attached hydrogens (tertiary/aromatic N) is 1. The Labute approximate surface area is 113 Å². The second-order valence-electron chi connectivity index (χ2n) is 5.51. The lowest BCUT2D eigenvalue weighted by atomic mass is 9.93. The molecule has 1 unspecified atom stereocenters. The van der Waals surface area contributed by atoms with Crippen molar-refractivity contribution in [2.45, 2.75) is 39.3 Å². The molecule has 0 saturated heterocycles. The van der Waals surface area contributed by atoms with Crippen molar-refractivity contribution >= 4 is 11.8 Å². The Balaban J connectivity index is 2.26. The Hall–Kier alpha value is -1.84. The van der Waals surface area contributed by atoms with Crippen molar-refractivity contribution in [3.63, 3.8) is 0 Å². The Kier molecular flexibility index (Phi) is 3.88. The van der Waals surface area contributed by atoms with E-state index < -0.39 is 11.9 Å². The van der Waals surface area contributed by atoms with Gasteiger partial charge in [0.1, 0.15) is 6.04 Å². The van der Waals surface area contributed by atoms with Crippen LogP contribution >= 0.6 is 0 Å². The third-order valence-electron chi connectivity index (χ3n) is 3.48. The summed E-state index contributed by atoms with van der Waals surface area (Å²) in [6.45, 7) is 4.47. The zero-order valence-corrected chi connectivity index (χ0v) is 11.4. The van der Waals surface area contributed by atoms with Gasteiger partial charge in [0, 0.05) is 19.4 Å². The van der Waals surface area contributed by atoms with Crippen molar-refractivity contribution in [3.05, 3.63) is 35.4 Å². The topological polar surface area (TPSA) is 63.4 Å². The van der Waals surface area contributed by atoms with Crippen LogP contribution in [0.5, 0.6) is 0 Å². The molecule has 2 rings (SSSR count). The van der Waals surface area contributed by atoms with E-state index >= 15 is 0 Å². The van der Waals surface area contributed by atoms with Crippen LogP contribution in [-0.4, -0.2) is 22.8 Å². The van der Waals surface area contributed by atoms with Gasteiger partial charge in [0.15, 0.2) is 0 Å². The highest BCUT2D eigenvalue weighted by Crippen LogP contribution is 2.24. The van der Waals surface area contributed by atoms with Crippen LogP contribution < -0.4 is 5.73 Å². The summed E-state index contributed by atoms with van der Waals surface area (Å²) in [4.78, 5) is 25.5. The summed E-state index contributed by atoms with van der Waals surface area (Å²) in [5.74, 6) is -0.141. The van der Waals surface area contributed by atoms with Crippen LogP contribution in [0.1, 0.15) is 31.4 Å². The molecular weight excluding hydrogens is 240 g/mol. The third-order valence-corrected chi connectivity index (χ3v) is 3.48. The van der Waals surface area contributed by atoms with E-state index in [9.17, 15) is 9.59 Å². The van der Waals surface area contributed by atoms with Crippen LogP contribution in [-0.2, 0) is 22.6 Å². The zero-order chi connectivity index (χ0) is 14.0. The van der Waals surface area contributed by atoms with Crippen LogP contribution in [0.25, 0.3) is 0 Å². The average Bonchev–Trinajstić information content (AvgIpc) is 2.36. The van der Waals surface area contributed by atoms with Gasteiger partial charge in [-0.3, -0.25) is 9.59 Å². The molecule has 1 aromatic carbocycles. The molecule has 1 aliphatic rings. The first kappa shape index (κ1) is 13.6. The largest absolute Gasteiger partial charge is 0.368 e. The Morgan fingerprint density at radius 2 is 1.95 bits per heavy atom. The summed E-state index contributed by atoms with van der Waals surface area (Å²) in [6, 6.07) is 7.38. The van der Waals surface area contributed by atoms with Crippen molar-refractivity contribution in [2.24, 2.45) is 11.7 Å². The molecule has 0 aliphatic carbocycles. The molecule has 4 nitrogen and oxygen atoms in total. The average molecular weight is 260 g/mol. The number of primary amides is 1. The van der Waals surface area contributed by atoms with E-state index in [-0.39, 0.29) is 11.8 Å². The number of benzene rings is 1. The minimum Gasteiger partial charge on any atom is -0.368 e. The molecule has 2 amide bonds. The molecule has 0 fully saturated rings. The highest BCUT2D eigenvalue weighted by molar-refractivity contribution is 5.87. The fourth-order valence-electron chi connectivity index (χ4n) is 2.51. The lowest BCUT2D eigenvalue weighted by Gasteiger charge is -2.35. The van der Waals surface area contributed by atoms with Gasteiger partial charge in [-0.1, -0.05) is 38.1 Å². The highest BCUT2D eigenvalue weighted by Gasteiger charge is 2.33. The summed E-state index contributed by atoms with van der Waals surface area (Å²) in [7, 11) is 0. The molecule has 19 heavy (non-hydrogen) atoms. The predicted octanol–water partition coefficient (Wildman–Crippen LogP) is 1.47. The molecule has 1 aliphatic heterocycles. The van der Waals surface area contributed by atoms with Crippen LogP contribution in [0.3, 0.4) is 0 Å². The van der Waals surface area contributed by atoms with Crippen LogP contribution in [0.4, 0.5) is 0 Å². The standard InChI is InChI=1S/C15H20N2O2/c1-10(2)7-14(18)17-9-12-6-4-3-5-11(12)8-13(17)15(16)19/h3-6,10,13H,7-9H2,1-2H3,(H2,16,19). The molecule has 0 radical (unpaired) electrons. The van der Waals surface area contributed by atoms with Crippen LogP contribution in [0.2, 0.25) is 0 Å². The maximum atomic E-state index is 12.3. The minimum atomic E-state index is -0.513. The van der Waals surface area contributed by atoms with E-state index in [1.54, 1.807) is 4.90 Å². The highest BCUT2D eigenvalue weighted by atomic mass is 16.2. The van der Waals surface area contributed by atoms with Crippen molar-refractivity contribution in [2.75, 3.05) is 0 Å². The summed E-state index contributed by atoms with van der Waals surface area (Å²) in [5, 5.41) is 0. The molecule has 0 aromatic heterocycles. The first-order valence-electron chi connectivity index (χ1n) is 6.64. The van der Waals surface area contributed by atoms with Gasteiger partial charge in [-0.25, -0.2) is 0 Å². The summed E-state index contributed by atoms with van der Waals surface area (Å²) in [6.07, 6.45) is 0.974. The van der Waals surface area contributed by atoms with Gasteiger partial charge in [-0.05, 0) is 17.0 Å². The Bertz CT molecular complexity index is 497. The number of hydrogen-bond acceptors (Lipinski definition) is 2. The van der Waals surface area contributed by atoms with E-state index in [1.165, 1.54) is 0 Å². The van der Waals surface area contributed by atoms with Crippen molar-refractivity contribution < 1.29 is 9.59 Å². The number of amides is 2. The maximum absolute atomic E-state index is 12.3. The number of carbonyl (C=O) groups is 2. The van der Waals surface area contributed by atoms with E-state index in [2.05, 4.69) is 0 Å². The first-order chi connectivity index (χ1) is 8.99. The van der Waals surface area contributed by atoms with Gasteiger partial charge >= 0.3 is 0 Å². The summed E-state index contributed by atoms with van der Waals surface area (Å²) in [5.41, 5.74) is 7.67. The van der Waals surface area contributed by atoms with Gasteiger partial charge in [0.05, 0.1) is 0 Å². The molecule has 2 N–H and O–H groups in total. The zero-order valence-electron chi connectivity index (χ0n) is 11.4. The quantitative estimate of drug-likeness (QED) is 0.894. The lowest BCUT2D eigenvalue weighted by molar-refractivity contribution is -0.141. The van der Waals surface area contributed by atoms with Gasteiger partial charge in [-0.2, -0.15) is 0 Å². The fraction of sp³-hybridized carbons (Fsp3) is 0.467. The molecular formula is C15H20N2O2. The van der Waals surface area contributed by atoms with E-state index in [1.807, 2.05) is 38.1 Å². The summed E-state index contributed by atoms with van der Waals surface area (Å²) < 4.78 is 0. The number of rotatable bonds is 3. The minimum absolute atomic E-state index is 0.00769. The summed E-state index contributed by atoms with van der Waals surface area (Å²) >= 11 is 0. The second kappa shape index (κ2) is 5.43. The number of hydrogen-bond donors (Lipinski definition) is 1. The molecule has 0 spiro atoms. The van der Waals surface area contributed by atoms with E-state index in [0.29, 0.717) is 19.4 Å². The molecule has 102 valence electrons. The normalized spacial score (nSPS) is 18.3. The molecule has 1 heterocycles. The van der Waals surface area contributed by atoms with E-state index in [4.69, 9.17) is 5.73 Å². The molecule has 0 saturated carbocycles. The number of fused-ring (bicyclic) bond motifs is 1. The van der Waals surface area contributed by atoms with Crippen molar-refractivity contribution in [3.8, 4) is 0 Å². The Morgan fingerprint density at radius 3 is 2.53 bits per heavy atom. The lowest BCUT2D eigenvalue weighted by Crippen LogP contribution is -2.51. The van der Waals surface area contributed by atoms with Crippen molar-refractivity contribution in [1.82, 2.24) is 4.90 Å². The fourth-order valence-corrected chi connectivity index (χ4v) is 2.51. The van der Waals surface area contributed by atoms with Gasteiger partial charge in [0.25, 0.3) is 0 Å². The number of nitrogens with two attached hydrogens (primary N) is 1. The van der Waals surface area contributed by atoms with Gasteiger partial charge < -0.3 is 10.6 Å². The van der Waals surface area contributed by atoms with Crippen LogP contribution in [0.15, 0.2) is 24.3 Å². The third kappa shape index (κ3) is 2.95. The van der Waals surface area contributed by atoms with Crippen molar-refractivity contribution in [1.29, 1.82) is 0 Å². The predicted molar refractivity (Wildman–Crippen MR) is 73.1 cm³/mol. The molecule has 1 aromatic rings. The second-order valence-corrected chi connectivity index (χ2v) is 5.51. The number of carbonyl (C=O) groups excluding carboxylic acids is 2. The first-order valence-corrected chi connectivity index (χ1v) is 6.64. The van der Waals surface area contributed by atoms with Gasteiger partial charge in [-0.15, -0.1) is 0 Å². The smallest absolute Gasteiger partial charge is 0.240 e.